The number of ketones is 1. The average molecular weight is 1430 g/mol. The molecule has 17 atom stereocenters. The summed E-state index contributed by atoms with van der Waals surface area (Å²) >= 11 is 0. The first-order valence-electron chi connectivity index (χ1n) is 35.5. The highest BCUT2D eigenvalue weighted by Gasteiger charge is 2.45. The minimum Gasteiger partial charge on any atom is -0.394 e. The van der Waals surface area contributed by atoms with E-state index in [1.807, 2.05) is 13.8 Å². The van der Waals surface area contributed by atoms with Crippen molar-refractivity contribution in [1.82, 2.24) is 36.8 Å². The molecule has 0 bridgehead atoms. The minimum atomic E-state index is -1.32. The van der Waals surface area contributed by atoms with Gasteiger partial charge in [0.05, 0.1) is 96.0 Å². The molecular formula is C67H123N7O25. The van der Waals surface area contributed by atoms with E-state index in [1.54, 1.807) is 20.8 Å². The molecule has 0 aromatic rings. The molecule has 0 spiro atoms. The van der Waals surface area contributed by atoms with Gasteiger partial charge in [-0.3, -0.25) is 38.4 Å². The van der Waals surface area contributed by atoms with E-state index in [2.05, 4.69) is 52.7 Å². The highest BCUT2D eigenvalue weighted by atomic mass is 16.7. The number of β-amino-alcohol motifs (C(OH)–C–C–N with tert-alkyl or cyclic N) is 1. The molecule has 4 aliphatic heterocycles. The molecule has 0 radical (unpaired) electrons. The zero-order chi connectivity index (χ0) is 74.2. The predicted molar refractivity (Wildman–Crippen MR) is 358 cm³/mol. The fourth-order valence-electron chi connectivity index (χ4n) is 11.5. The third-order valence-corrected chi connectivity index (χ3v) is 17.4. The molecule has 0 saturated carbocycles. The average Bonchev–Trinajstić information content (AvgIpc) is 1.57. The fourth-order valence-corrected chi connectivity index (χ4v) is 11.5. The number of carbonyl (C=O) groups is 8. The molecular weight excluding hydrogens is 1300 g/mol. The summed E-state index contributed by atoms with van der Waals surface area (Å²) in [6.07, 6.45) is -13.2. The van der Waals surface area contributed by atoms with Gasteiger partial charge in [0.1, 0.15) is 42.4 Å². The van der Waals surface area contributed by atoms with Gasteiger partial charge in [0.25, 0.3) is 0 Å². The highest BCUT2D eigenvalue weighted by molar-refractivity contribution is 5.82. The number of hydrogen-bond acceptors (Lipinski definition) is 25. The fraction of sp³-hybridized carbons (Fsp3) is 0.881. The first-order chi connectivity index (χ1) is 47.1. The summed E-state index contributed by atoms with van der Waals surface area (Å²) in [5, 5.41) is 117. The lowest BCUT2D eigenvalue weighted by Gasteiger charge is -2.40. The Morgan fingerprint density at radius 2 is 0.818 bits per heavy atom. The molecule has 99 heavy (non-hydrogen) atoms. The number of likely N-dealkylation sites (tertiary alicyclic amines) is 1. The van der Waals surface area contributed by atoms with Crippen molar-refractivity contribution < 1.29 is 123 Å². The van der Waals surface area contributed by atoms with Crippen molar-refractivity contribution >= 4 is 47.1 Å². The van der Waals surface area contributed by atoms with Crippen LogP contribution in [0, 0.1) is 23.7 Å². The molecule has 576 valence electrons. The maximum absolute atomic E-state index is 14.0. The number of nitrogens with one attached hydrogen (secondary N) is 6. The lowest BCUT2D eigenvalue weighted by Crippen LogP contribution is -2.55. The summed E-state index contributed by atoms with van der Waals surface area (Å²) in [7, 11) is 1.49. The second kappa shape index (κ2) is 49.8. The molecule has 4 aliphatic rings. The van der Waals surface area contributed by atoms with E-state index in [9.17, 15) is 89.4 Å². The van der Waals surface area contributed by atoms with Crippen molar-refractivity contribution in [2.75, 3.05) is 92.6 Å². The lowest BCUT2D eigenvalue weighted by atomic mass is 9.82. The Bertz CT molecular complexity index is 2130. The Morgan fingerprint density at radius 3 is 1.18 bits per heavy atom. The van der Waals surface area contributed by atoms with E-state index in [0.29, 0.717) is 32.1 Å². The summed E-state index contributed by atoms with van der Waals surface area (Å²) < 4.78 is 38.8. The van der Waals surface area contributed by atoms with Crippen LogP contribution in [0.15, 0.2) is 0 Å². The summed E-state index contributed by atoms with van der Waals surface area (Å²) in [5.41, 5.74) is -1.32. The summed E-state index contributed by atoms with van der Waals surface area (Å²) in [6, 6.07) is -0.333. The van der Waals surface area contributed by atoms with Crippen LogP contribution in [-0.4, -0.2) is 287 Å². The molecule has 7 amide bonds. The minimum absolute atomic E-state index is 0.00862. The van der Waals surface area contributed by atoms with Crippen molar-refractivity contribution in [3.8, 4) is 0 Å². The zero-order valence-electron chi connectivity index (χ0n) is 59.9. The maximum atomic E-state index is 14.0. The van der Waals surface area contributed by atoms with Crippen LogP contribution < -0.4 is 31.9 Å². The molecule has 0 aromatic heterocycles. The first kappa shape index (κ1) is 90.4. The molecule has 0 aromatic carbocycles. The van der Waals surface area contributed by atoms with Gasteiger partial charge in [0.15, 0.2) is 18.9 Å². The number of hydrogen-bond donors (Lipinski definition) is 16. The van der Waals surface area contributed by atoms with Gasteiger partial charge >= 0.3 is 0 Å². The molecule has 32 heteroatoms. The van der Waals surface area contributed by atoms with Crippen LogP contribution in [0.5, 0.6) is 0 Å². The van der Waals surface area contributed by atoms with Crippen LogP contribution in [0.3, 0.4) is 0 Å². The van der Waals surface area contributed by atoms with Crippen molar-refractivity contribution in [2.24, 2.45) is 23.7 Å². The monoisotopic (exact) mass is 1430 g/mol. The molecule has 4 fully saturated rings. The van der Waals surface area contributed by atoms with Gasteiger partial charge in [-0.05, 0) is 63.7 Å². The Balaban J connectivity index is 0.00000535. The van der Waals surface area contributed by atoms with Gasteiger partial charge in [-0.25, -0.2) is 0 Å². The SMILES string of the molecule is CC.CC(C)C.COC[C@@H]1C[C@@H](O)CN1C(=O)CCCC(=O)NC(CCC(=O)CCCCNC(=O)CCO[C@@H]1OC(CO)[C@H](O)[C@H](O)C1C)(CCC(=O)NCCCNC(=O)CCO[C@@H]1OC(CO)[C@H](O)[C@H](O)C1C)CCC(=O)NCCCNC(=O)CCO[C@@H]1OC(CO)[C@H](O)[C@H](O)C1C. The van der Waals surface area contributed by atoms with E-state index >= 15 is 0 Å². The molecule has 16 N–H and O–H groups in total. The Morgan fingerprint density at radius 1 is 0.465 bits per heavy atom. The summed E-state index contributed by atoms with van der Waals surface area (Å²) in [4.78, 5) is 108. The van der Waals surface area contributed by atoms with Crippen LogP contribution in [0.25, 0.3) is 0 Å². The van der Waals surface area contributed by atoms with Gasteiger partial charge in [-0.15, -0.1) is 0 Å². The standard InChI is InChI=1S/C61H107N7O25.C4H10.C2H6/c1-36-52(81)55(84)42(32-69)91-58(36)88-27-16-47(76)62-22-6-5-10-40(72)13-19-61(67-50(79)11-7-12-51(80)68-31-41(73)30-39(68)35-87-4,20-14-45(74)63-23-8-25-65-48(77)17-28-89-59-37(2)53(82)56(85)43(33-70)92-59)21-15-46(75)64-24-9-26-66-49(78)18-29-90-60-38(3)54(83)57(86)44(34-71)93-60;1-4(2)3;1-2/h36-39,41-44,52-60,69-71,73,81-86H,5-35H2,1-4H3,(H,62,76)(H,63,74)(H,64,75)(H,65,77)(H,66,78)(H,67,79);4H,1-3H3;1-2H3/t36?,37?,38?,39-,41+,42?,43?,44?,52+,53+,54+,55-,56-,57-,58+,59+,60+,61?;;/m0../s1. The van der Waals surface area contributed by atoms with Crippen LogP contribution in [-0.2, 0) is 71.5 Å². The molecule has 6 unspecified atom stereocenters. The quantitative estimate of drug-likeness (QED) is 0.0299. The number of rotatable bonds is 44. The van der Waals surface area contributed by atoms with Crippen molar-refractivity contribution in [2.45, 2.75) is 262 Å². The molecule has 4 saturated heterocycles. The van der Waals surface area contributed by atoms with Gasteiger partial charge < -0.3 is 121 Å². The topological polar surface area (TPSA) is 479 Å². The van der Waals surface area contributed by atoms with Gasteiger partial charge in [-0.2, -0.15) is 0 Å². The zero-order valence-corrected chi connectivity index (χ0v) is 59.9. The van der Waals surface area contributed by atoms with E-state index in [1.165, 1.54) is 12.0 Å². The van der Waals surface area contributed by atoms with Gasteiger partial charge in [-0.1, -0.05) is 55.4 Å². The molecule has 0 aliphatic carbocycles. The van der Waals surface area contributed by atoms with Crippen LogP contribution >= 0.6 is 0 Å². The van der Waals surface area contributed by atoms with Crippen LogP contribution in [0.4, 0.5) is 0 Å². The van der Waals surface area contributed by atoms with E-state index < -0.39 is 141 Å². The number of methoxy groups -OCH3 is 1. The molecule has 32 nitrogen and oxygen atoms in total. The normalized spacial score (nSPS) is 28.0. The summed E-state index contributed by atoms with van der Waals surface area (Å²) in [6.45, 7) is 14.6. The lowest BCUT2D eigenvalue weighted by molar-refractivity contribution is -0.282. The van der Waals surface area contributed by atoms with Gasteiger partial charge in [0.2, 0.25) is 41.4 Å². The van der Waals surface area contributed by atoms with Crippen molar-refractivity contribution in [3.63, 3.8) is 0 Å². The van der Waals surface area contributed by atoms with Crippen molar-refractivity contribution in [3.05, 3.63) is 0 Å². The second-order valence-electron chi connectivity index (χ2n) is 26.5. The first-order valence-corrected chi connectivity index (χ1v) is 35.5. The number of amides is 7. The summed E-state index contributed by atoms with van der Waals surface area (Å²) in [5.74, 6) is -4.00. The largest absolute Gasteiger partial charge is 0.394 e. The maximum Gasteiger partial charge on any atom is 0.223 e. The molecule has 4 rings (SSSR count). The number of nitrogens with zero attached hydrogens (tertiary/aromatic N) is 1. The predicted octanol–water partition coefficient (Wildman–Crippen LogP) is -1.81. The smallest absolute Gasteiger partial charge is 0.223 e. The van der Waals surface area contributed by atoms with Crippen molar-refractivity contribution in [1.29, 1.82) is 0 Å². The number of ether oxygens (including phenoxy) is 7. The van der Waals surface area contributed by atoms with Gasteiger partial charge in [0, 0.05) is 108 Å². The Labute approximate surface area is 583 Å². The van der Waals surface area contributed by atoms with Crippen LogP contribution in [0.1, 0.15) is 171 Å². The number of unbranched alkanes of at least 4 members (excludes halogenated alkanes) is 1. The highest BCUT2D eigenvalue weighted by Crippen LogP contribution is 2.31. The third kappa shape index (κ3) is 34.0. The van der Waals surface area contributed by atoms with E-state index in [4.69, 9.17) is 33.2 Å². The number of carbonyl (C=O) groups excluding carboxylic acids is 8. The number of Topliss-reactive ketones (excluding diaryl/α,β-unsaturated/α-hetero) is 1. The van der Waals surface area contributed by atoms with E-state index in [-0.39, 0.29) is 185 Å². The number of aliphatic hydroxyl groups excluding tert-OH is 10. The third-order valence-electron chi connectivity index (χ3n) is 17.4. The van der Waals surface area contributed by atoms with Crippen LogP contribution in [0.2, 0.25) is 0 Å². The Kier molecular flexibility index (Phi) is 45.5. The number of aliphatic hydroxyl groups is 10. The Hall–Kier alpha value is -4.72. The molecule has 4 heterocycles. The second-order valence-corrected chi connectivity index (χ2v) is 26.5. The van der Waals surface area contributed by atoms with E-state index in [0.717, 1.165) is 5.92 Å².